The van der Waals surface area contributed by atoms with Crippen molar-refractivity contribution in [2.24, 2.45) is 0 Å². The number of aromatic amines is 1. The number of aryl methyl sites for hydroxylation is 1. The van der Waals surface area contributed by atoms with Crippen molar-refractivity contribution >= 4 is 45.2 Å². The largest absolute Gasteiger partial charge is 0.346 e. The molecule has 0 radical (unpaired) electrons. The van der Waals surface area contributed by atoms with Crippen LogP contribution in [-0.4, -0.2) is 39.3 Å². The number of H-pyrrole nitrogens is 1. The van der Waals surface area contributed by atoms with Crippen LogP contribution in [0.3, 0.4) is 0 Å². The lowest BCUT2D eigenvalue weighted by molar-refractivity contribution is -0.122. The number of benzene rings is 1. The van der Waals surface area contributed by atoms with Crippen LogP contribution in [0.25, 0.3) is 0 Å². The molecule has 3 N–H and O–H groups in total. The van der Waals surface area contributed by atoms with Gasteiger partial charge in [-0.1, -0.05) is 41.5 Å². The Bertz CT molecular complexity index is 763. The first-order chi connectivity index (χ1) is 11.8. The lowest BCUT2D eigenvalue weighted by Crippen LogP contribution is -2.34. The minimum absolute atomic E-state index is 0.0832. The van der Waals surface area contributed by atoms with E-state index < -0.39 is 0 Å². The summed E-state index contributed by atoms with van der Waals surface area (Å²) in [6, 6.07) is 5.57. The molecular formula is C16H20BrN5O2S. The topological polar surface area (TPSA) is 99.8 Å². The van der Waals surface area contributed by atoms with E-state index in [1.807, 2.05) is 39.0 Å². The maximum atomic E-state index is 11.9. The lowest BCUT2D eigenvalue weighted by atomic mass is 10.2. The van der Waals surface area contributed by atoms with Crippen LogP contribution < -0.4 is 10.6 Å². The third-order valence-electron chi connectivity index (χ3n) is 3.27. The number of nitrogens with zero attached hydrogens (tertiary/aromatic N) is 2. The number of hydrogen-bond acceptors (Lipinski definition) is 5. The summed E-state index contributed by atoms with van der Waals surface area (Å²) in [5.74, 6) is 0.668. The first-order valence-corrected chi connectivity index (χ1v) is 9.51. The van der Waals surface area contributed by atoms with Crippen LogP contribution in [-0.2, 0) is 9.59 Å². The number of rotatable bonds is 7. The fraction of sp³-hybridized carbons (Fsp3) is 0.375. The molecule has 0 atom stereocenters. The molecule has 1 aromatic heterocycles. The first-order valence-electron chi connectivity index (χ1n) is 7.73. The number of carbonyl (C=O) groups excluding carboxylic acids is 2. The van der Waals surface area contributed by atoms with Gasteiger partial charge in [-0.2, -0.15) is 0 Å². The number of halogens is 1. The quantitative estimate of drug-likeness (QED) is 0.592. The van der Waals surface area contributed by atoms with Crippen LogP contribution in [0.5, 0.6) is 0 Å². The molecule has 134 valence electrons. The van der Waals surface area contributed by atoms with Gasteiger partial charge in [0, 0.05) is 16.1 Å². The zero-order chi connectivity index (χ0) is 18.4. The lowest BCUT2D eigenvalue weighted by Gasteiger charge is -2.09. The van der Waals surface area contributed by atoms with Crippen molar-refractivity contribution in [1.29, 1.82) is 0 Å². The second-order valence-electron chi connectivity index (χ2n) is 5.73. The molecule has 0 saturated heterocycles. The number of anilines is 1. The number of amides is 2. The minimum atomic E-state index is -0.274. The average Bonchev–Trinajstić information content (AvgIpc) is 3.03. The molecule has 0 bridgehead atoms. The van der Waals surface area contributed by atoms with E-state index in [-0.39, 0.29) is 30.0 Å². The second-order valence-corrected chi connectivity index (χ2v) is 7.59. The predicted molar refractivity (Wildman–Crippen MR) is 102 cm³/mol. The van der Waals surface area contributed by atoms with Crippen molar-refractivity contribution in [3.05, 3.63) is 34.1 Å². The van der Waals surface area contributed by atoms with Crippen molar-refractivity contribution < 1.29 is 9.59 Å². The SMILES string of the molecule is Cc1cc(Br)ccc1NC(=O)CNC(=O)CSc1n[nH]c(C(C)C)n1. The van der Waals surface area contributed by atoms with Gasteiger partial charge in [0.15, 0.2) is 0 Å². The van der Waals surface area contributed by atoms with Gasteiger partial charge in [-0.05, 0) is 30.7 Å². The Kier molecular flexibility index (Phi) is 7.01. The minimum Gasteiger partial charge on any atom is -0.346 e. The van der Waals surface area contributed by atoms with Gasteiger partial charge in [-0.15, -0.1) is 5.10 Å². The molecule has 0 aliphatic heterocycles. The molecule has 0 fully saturated rings. The van der Waals surface area contributed by atoms with Crippen LogP contribution in [0.1, 0.15) is 31.2 Å². The van der Waals surface area contributed by atoms with E-state index in [9.17, 15) is 9.59 Å². The highest BCUT2D eigenvalue weighted by Gasteiger charge is 2.11. The molecule has 0 aliphatic rings. The number of nitrogens with one attached hydrogen (secondary N) is 3. The molecule has 2 aromatic rings. The van der Waals surface area contributed by atoms with E-state index >= 15 is 0 Å². The number of aromatic nitrogens is 3. The summed E-state index contributed by atoms with van der Waals surface area (Å²) in [4.78, 5) is 28.1. The monoisotopic (exact) mass is 425 g/mol. The Morgan fingerprint density at radius 1 is 1.32 bits per heavy atom. The van der Waals surface area contributed by atoms with E-state index in [2.05, 4.69) is 41.7 Å². The molecule has 9 heteroatoms. The molecule has 2 rings (SSSR count). The zero-order valence-corrected chi connectivity index (χ0v) is 16.6. The van der Waals surface area contributed by atoms with Gasteiger partial charge in [0.1, 0.15) is 5.82 Å². The van der Waals surface area contributed by atoms with Crippen molar-refractivity contribution in [3.63, 3.8) is 0 Å². The van der Waals surface area contributed by atoms with Gasteiger partial charge < -0.3 is 10.6 Å². The fourth-order valence-electron chi connectivity index (χ4n) is 1.90. The highest BCUT2D eigenvalue weighted by molar-refractivity contribution is 9.10. The van der Waals surface area contributed by atoms with Crippen LogP contribution >= 0.6 is 27.7 Å². The molecule has 0 aliphatic carbocycles. The van der Waals surface area contributed by atoms with E-state index in [1.165, 1.54) is 11.8 Å². The maximum Gasteiger partial charge on any atom is 0.243 e. The summed E-state index contributed by atoms with van der Waals surface area (Å²) in [5, 5.41) is 12.8. The Morgan fingerprint density at radius 3 is 2.72 bits per heavy atom. The summed E-state index contributed by atoms with van der Waals surface area (Å²) < 4.78 is 0.945. The fourth-order valence-corrected chi connectivity index (χ4v) is 3.01. The van der Waals surface area contributed by atoms with Crippen molar-refractivity contribution in [1.82, 2.24) is 20.5 Å². The number of carbonyl (C=O) groups is 2. The highest BCUT2D eigenvalue weighted by atomic mass is 79.9. The predicted octanol–water partition coefficient (Wildman–Crippen LogP) is 2.85. The van der Waals surface area contributed by atoms with E-state index in [4.69, 9.17) is 0 Å². The van der Waals surface area contributed by atoms with E-state index in [0.29, 0.717) is 5.16 Å². The highest BCUT2D eigenvalue weighted by Crippen LogP contribution is 2.20. The third kappa shape index (κ3) is 6.17. The molecule has 2 amide bonds. The summed E-state index contributed by atoms with van der Waals surface area (Å²) in [5.41, 5.74) is 1.66. The number of hydrogen-bond donors (Lipinski definition) is 3. The van der Waals surface area contributed by atoms with Gasteiger partial charge in [0.2, 0.25) is 17.0 Å². The molecule has 25 heavy (non-hydrogen) atoms. The Labute approximate surface area is 158 Å². The van der Waals surface area contributed by atoms with Gasteiger partial charge in [-0.3, -0.25) is 14.7 Å². The maximum absolute atomic E-state index is 11.9. The molecule has 1 aromatic carbocycles. The molecule has 0 saturated carbocycles. The Hall–Kier alpha value is -1.87. The van der Waals surface area contributed by atoms with E-state index in [1.54, 1.807) is 0 Å². The molecule has 0 unspecified atom stereocenters. The molecule has 1 heterocycles. The summed E-state index contributed by atoms with van der Waals surface area (Å²) >= 11 is 4.60. The second kappa shape index (κ2) is 9.00. The number of thioether (sulfide) groups is 1. The zero-order valence-electron chi connectivity index (χ0n) is 14.2. The van der Waals surface area contributed by atoms with Crippen LogP contribution in [0.2, 0.25) is 0 Å². The van der Waals surface area contributed by atoms with Crippen molar-refractivity contribution in [2.75, 3.05) is 17.6 Å². The normalized spacial score (nSPS) is 10.8. The van der Waals surface area contributed by atoms with E-state index in [0.717, 1.165) is 21.5 Å². The average molecular weight is 426 g/mol. The summed E-state index contributed by atoms with van der Waals surface area (Å²) in [6.07, 6.45) is 0. The Balaban J connectivity index is 1.74. The molecule has 7 nitrogen and oxygen atoms in total. The summed E-state index contributed by atoms with van der Waals surface area (Å²) in [7, 11) is 0. The standard InChI is InChI=1S/C16H20BrN5O2S/c1-9(2)15-20-16(22-21-15)25-8-14(24)18-7-13(23)19-12-5-4-11(17)6-10(12)3/h4-6,9H,7-8H2,1-3H3,(H,18,24)(H,19,23)(H,20,21,22). The van der Waals surface area contributed by atoms with Gasteiger partial charge in [-0.25, -0.2) is 4.98 Å². The van der Waals surface area contributed by atoms with Crippen molar-refractivity contribution in [2.45, 2.75) is 31.8 Å². The van der Waals surface area contributed by atoms with Crippen LogP contribution in [0.4, 0.5) is 5.69 Å². The molecule has 0 spiro atoms. The van der Waals surface area contributed by atoms with Crippen LogP contribution in [0.15, 0.2) is 27.8 Å². The van der Waals surface area contributed by atoms with Crippen LogP contribution in [0, 0.1) is 6.92 Å². The van der Waals surface area contributed by atoms with Gasteiger partial charge >= 0.3 is 0 Å². The Morgan fingerprint density at radius 2 is 2.08 bits per heavy atom. The van der Waals surface area contributed by atoms with Gasteiger partial charge in [0.25, 0.3) is 0 Å². The van der Waals surface area contributed by atoms with Gasteiger partial charge in [0.05, 0.1) is 12.3 Å². The first kappa shape index (κ1) is 19.5. The smallest absolute Gasteiger partial charge is 0.243 e. The molecular weight excluding hydrogens is 406 g/mol. The third-order valence-corrected chi connectivity index (χ3v) is 4.61. The summed E-state index contributed by atoms with van der Waals surface area (Å²) in [6.45, 7) is 5.83. The van der Waals surface area contributed by atoms with Crippen molar-refractivity contribution in [3.8, 4) is 0 Å².